The predicted octanol–water partition coefficient (Wildman–Crippen LogP) is 2.45. The zero-order valence-corrected chi connectivity index (χ0v) is 17.7. The number of nitrogens with one attached hydrogen (secondary N) is 2. The molecule has 1 spiro atoms. The molecule has 0 aromatic heterocycles. The summed E-state index contributed by atoms with van der Waals surface area (Å²) in [5.74, 6) is 1.77. The van der Waals surface area contributed by atoms with Crippen molar-refractivity contribution in [2.75, 3.05) is 27.2 Å². The Morgan fingerprint density at radius 2 is 1.79 bits per heavy atom. The van der Waals surface area contributed by atoms with Crippen molar-refractivity contribution in [3.05, 3.63) is 52.6 Å². The van der Waals surface area contributed by atoms with Gasteiger partial charge in [0.15, 0.2) is 28.7 Å². The Kier molecular flexibility index (Phi) is 3.42. The van der Waals surface area contributed by atoms with Crippen LogP contribution >= 0.6 is 0 Å². The molecule has 0 bridgehead atoms. The minimum absolute atomic E-state index is 0.0785. The second kappa shape index (κ2) is 6.08. The lowest BCUT2D eigenvalue weighted by molar-refractivity contribution is 0.0753. The molecule has 3 aromatic carbocycles. The molecule has 9 heteroatoms. The Balaban J connectivity index is 1.49. The number of carbonyl (C=O) groups is 1. The Hall–Kier alpha value is -3.98. The molecule has 7 rings (SSSR count). The fourth-order valence-corrected chi connectivity index (χ4v) is 5.41. The number of amides is 1. The monoisotopic (exact) mass is 445 g/mol. The van der Waals surface area contributed by atoms with Gasteiger partial charge in [0.25, 0.3) is 5.91 Å². The van der Waals surface area contributed by atoms with E-state index in [4.69, 9.17) is 18.9 Å². The van der Waals surface area contributed by atoms with Crippen molar-refractivity contribution < 1.29 is 28.8 Å². The Morgan fingerprint density at radius 3 is 2.64 bits per heavy atom. The van der Waals surface area contributed by atoms with Crippen molar-refractivity contribution in [3.8, 4) is 28.7 Å². The maximum Gasteiger partial charge on any atom is 0.254 e. The van der Waals surface area contributed by atoms with Gasteiger partial charge in [-0.15, -0.1) is 0 Å². The lowest BCUT2D eigenvalue weighted by Crippen LogP contribution is -2.66. The van der Waals surface area contributed by atoms with Crippen LogP contribution in [0.15, 0.2) is 30.3 Å². The summed E-state index contributed by atoms with van der Waals surface area (Å²) in [5.41, 5.74) is 0.990. The van der Waals surface area contributed by atoms with Crippen LogP contribution in [0, 0.1) is 5.41 Å². The summed E-state index contributed by atoms with van der Waals surface area (Å²) >= 11 is 0. The average molecular weight is 445 g/mol. The minimum Gasteiger partial charge on any atom is -0.507 e. The van der Waals surface area contributed by atoms with Crippen molar-refractivity contribution in [2.24, 2.45) is 0 Å². The first-order valence-electron chi connectivity index (χ1n) is 10.6. The van der Waals surface area contributed by atoms with E-state index in [1.165, 1.54) is 0 Å². The van der Waals surface area contributed by atoms with Crippen molar-refractivity contribution in [1.29, 1.82) is 5.41 Å². The second-order valence-electron chi connectivity index (χ2n) is 8.62. The smallest absolute Gasteiger partial charge is 0.254 e. The highest BCUT2D eigenvalue weighted by Crippen LogP contribution is 2.49. The van der Waals surface area contributed by atoms with Gasteiger partial charge < -0.3 is 34.8 Å². The largest absolute Gasteiger partial charge is 0.507 e. The number of carbonyl (C=O) groups excluding carboxylic acids is 1. The molecule has 3 aromatic rings. The van der Waals surface area contributed by atoms with Gasteiger partial charge in [-0.05, 0) is 49.4 Å². The number of aromatic hydroxyl groups is 1. The highest BCUT2D eigenvalue weighted by atomic mass is 16.7. The van der Waals surface area contributed by atoms with Crippen LogP contribution in [0.2, 0.25) is 0 Å². The molecule has 0 saturated carbocycles. The van der Waals surface area contributed by atoms with Crippen LogP contribution in [0.4, 0.5) is 0 Å². The zero-order chi connectivity index (χ0) is 22.5. The summed E-state index contributed by atoms with van der Waals surface area (Å²) in [7, 11) is 1.86. The molecule has 1 atom stereocenters. The zero-order valence-electron chi connectivity index (χ0n) is 17.7. The second-order valence-corrected chi connectivity index (χ2v) is 8.62. The lowest BCUT2D eigenvalue weighted by Gasteiger charge is -2.49. The summed E-state index contributed by atoms with van der Waals surface area (Å²) in [6.07, 6.45) is 0.730. The fourth-order valence-electron chi connectivity index (χ4n) is 5.41. The van der Waals surface area contributed by atoms with E-state index >= 15 is 0 Å². The molecule has 0 unspecified atom stereocenters. The first kappa shape index (κ1) is 18.6. The van der Waals surface area contributed by atoms with E-state index in [0.29, 0.717) is 40.3 Å². The van der Waals surface area contributed by atoms with Gasteiger partial charge in [-0.25, -0.2) is 0 Å². The van der Waals surface area contributed by atoms with Crippen LogP contribution in [-0.2, 0) is 12.1 Å². The molecule has 0 aliphatic carbocycles. The topological polar surface area (TPSA) is 113 Å². The third-order valence-corrected chi connectivity index (χ3v) is 7.06. The highest BCUT2D eigenvalue weighted by molar-refractivity contribution is 6.23. The van der Waals surface area contributed by atoms with Crippen molar-refractivity contribution in [3.63, 3.8) is 0 Å². The average Bonchev–Trinajstić information content (AvgIpc) is 3.47. The van der Waals surface area contributed by atoms with Gasteiger partial charge in [-0.3, -0.25) is 9.69 Å². The third kappa shape index (κ3) is 2.19. The van der Waals surface area contributed by atoms with E-state index < -0.39 is 5.66 Å². The van der Waals surface area contributed by atoms with Gasteiger partial charge in [-0.2, -0.15) is 0 Å². The van der Waals surface area contributed by atoms with Crippen LogP contribution in [0.25, 0.3) is 10.8 Å². The highest BCUT2D eigenvalue weighted by Gasteiger charge is 2.52. The molecule has 0 radical (unpaired) electrons. The summed E-state index contributed by atoms with van der Waals surface area (Å²) in [6, 6.07) is 8.87. The van der Waals surface area contributed by atoms with Crippen LogP contribution in [0.5, 0.6) is 28.7 Å². The maximum absolute atomic E-state index is 13.5. The van der Waals surface area contributed by atoms with Crippen LogP contribution < -0.4 is 24.3 Å². The molecule has 1 amide bonds. The van der Waals surface area contributed by atoms with Gasteiger partial charge in [0.05, 0.1) is 16.8 Å². The molecule has 9 nitrogen and oxygen atoms in total. The van der Waals surface area contributed by atoms with Crippen molar-refractivity contribution in [2.45, 2.75) is 12.1 Å². The molecule has 33 heavy (non-hydrogen) atoms. The first-order chi connectivity index (χ1) is 16.0. The number of hydrogen-bond donors (Lipinski definition) is 3. The normalized spacial score (nSPS) is 22.5. The fraction of sp³-hybridized carbons (Fsp3) is 0.250. The number of benzene rings is 3. The third-order valence-electron chi connectivity index (χ3n) is 7.06. The molecule has 4 aliphatic heterocycles. The molecule has 4 heterocycles. The van der Waals surface area contributed by atoms with E-state index in [2.05, 4.69) is 5.32 Å². The first-order valence-corrected chi connectivity index (χ1v) is 10.6. The molecule has 3 N–H and O–H groups in total. The summed E-state index contributed by atoms with van der Waals surface area (Å²) in [6.45, 7) is 0.823. The van der Waals surface area contributed by atoms with Crippen molar-refractivity contribution in [1.82, 2.24) is 10.2 Å². The van der Waals surface area contributed by atoms with E-state index in [9.17, 15) is 15.3 Å². The number of hydrogen-bond acceptors (Lipinski definition) is 8. The summed E-state index contributed by atoms with van der Waals surface area (Å²) in [5, 5.41) is 24.8. The molecular formula is C24H19N3O6. The molecule has 166 valence electrons. The van der Waals surface area contributed by atoms with E-state index in [0.717, 1.165) is 17.5 Å². The van der Waals surface area contributed by atoms with E-state index in [-0.39, 0.29) is 42.1 Å². The maximum atomic E-state index is 13.5. The number of nitrogens with zero attached hydrogens (tertiary/aromatic N) is 1. The number of ether oxygens (including phenoxy) is 4. The van der Waals surface area contributed by atoms with Crippen LogP contribution in [0.3, 0.4) is 0 Å². The van der Waals surface area contributed by atoms with E-state index in [1.807, 2.05) is 24.1 Å². The Morgan fingerprint density at radius 1 is 1.03 bits per heavy atom. The van der Waals surface area contributed by atoms with Gasteiger partial charge in [0.2, 0.25) is 13.6 Å². The molecule has 0 fully saturated rings. The SMILES string of the molecule is CN1CCc2cc3c(cc2[C@@]12NC(=O)c1cc4c5c(ccc4c(O)c1C2=N)OCO5)OCO3. The minimum atomic E-state index is -1.25. The van der Waals surface area contributed by atoms with Gasteiger partial charge in [0.1, 0.15) is 5.75 Å². The number of phenolic OH excluding ortho intramolecular Hbond substituents is 1. The van der Waals surface area contributed by atoms with Crippen LogP contribution in [0.1, 0.15) is 27.0 Å². The molecule has 0 saturated heterocycles. The number of likely N-dealkylation sites (N-methyl/N-ethyl adjacent to an activating group) is 1. The van der Waals surface area contributed by atoms with Crippen molar-refractivity contribution >= 4 is 22.4 Å². The Labute approximate surface area is 187 Å². The summed E-state index contributed by atoms with van der Waals surface area (Å²) < 4.78 is 22.2. The lowest BCUT2D eigenvalue weighted by atomic mass is 9.77. The molecule has 4 aliphatic rings. The standard InChI is InChI=1S/C24H19N3O6/c1-27-5-4-11-6-17-18(32-9-31-17)8-15(11)24(27)22(25)19-14(23(29)26-24)7-13-12(20(19)28)2-3-16-21(13)33-10-30-16/h2-3,6-8,25,28H,4-5,9-10H2,1H3,(H,26,29)/t24-/m1/s1. The number of phenols is 1. The van der Waals surface area contributed by atoms with Crippen LogP contribution in [-0.4, -0.2) is 48.8 Å². The van der Waals surface area contributed by atoms with Gasteiger partial charge >= 0.3 is 0 Å². The predicted molar refractivity (Wildman–Crippen MR) is 117 cm³/mol. The number of fused-ring (bicyclic) bond motifs is 7. The number of rotatable bonds is 0. The molecular weight excluding hydrogens is 426 g/mol. The quantitative estimate of drug-likeness (QED) is 0.487. The van der Waals surface area contributed by atoms with Gasteiger partial charge in [0, 0.05) is 22.9 Å². The van der Waals surface area contributed by atoms with Gasteiger partial charge in [-0.1, -0.05) is 0 Å². The Bertz CT molecular complexity index is 1430. The van der Waals surface area contributed by atoms with E-state index in [1.54, 1.807) is 18.2 Å². The summed E-state index contributed by atoms with van der Waals surface area (Å²) in [4.78, 5) is 15.5.